The Labute approximate surface area is 156 Å². The first-order chi connectivity index (χ1) is 12.4. The van der Waals surface area contributed by atoms with E-state index < -0.39 is 0 Å². The topological polar surface area (TPSA) is 61.8 Å². The maximum Gasteiger partial charge on any atom is 0.330 e. The summed E-state index contributed by atoms with van der Waals surface area (Å²) in [4.78, 5) is 28.4. The Morgan fingerprint density at radius 1 is 1.12 bits per heavy atom. The average Bonchev–Trinajstić information content (AvgIpc) is 3.10. The summed E-state index contributed by atoms with van der Waals surface area (Å²) in [6, 6.07) is 9.76. The number of hydrogen-bond donors (Lipinski definition) is 0. The van der Waals surface area contributed by atoms with Crippen LogP contribution in [0, 0.1) is 0 Å². The van der Waals surface area contributed by atoms with Gasteiger partial charge in [0.05, 0.1) is 5.69 Å². The van der Waals surface area contributed by atoms with Gasteiger partial charge in [-0.25, -0.2) is 9.78 Å². The summed E-state index contributed by atoms with van der Waals surface area (Å²) in [6.45, 7) is 4.33. The lowest BCUT2D eigenvalue weighted by atomic mass is 10.0. The molecule has 2 heterocycles. The molecule has 2 aromatic heterocycles. The van der Waals surface area contributed by atoms with Gasteiger partial charge in [0.2, 0.25) is 0 Å². The third kappa shape index (κ3) is 3.39. The molecule has 7 heteroatoms. The van der Waals surface area contributed by atoms with Crippen molar-refractivity contribution >= 4 is 11.8 Å². The van der Waals surface area contributed by atoms with Crippen LogP contribution in [0.25, 0.3) is 5.69 Å². The normalized spacial score (nSPS) is 11.3. The SMILES string of the molecule is CC(C)c1ccccc1-n1ccnc1SCc1cc(=O)n(C)c(=O)n1C. The van der Waals surface area contributed by atoms with Gasteiger partial charge in [0.25, 0.3) is 5.56 Å². The number of hydrogen-bond acceptors (Lipinski definition) is 4. The predicted octanol–water partition coefficient (Wildman–Crippen LogP) is 2.69. The van der Waals surface area contributed by atoms with E-state index in [1.807, 2.05) is 18.3 Å². The molecule has 0 saturated heterocycles. The maximum absolute atomic E-state index is 12.1. The molecule has 0 amide bonds. The number of nitrogens with zero attached hydrogens (tertiary/aromatic N) is 4. The van der Waals surface area contributed by atoms with Crippen molar-refractivity contribution in [3.8, 4) is 5.69 Å². The zero-order chi connectivity index (χ0) is 18.8. The van der Waals surface area contributed by atoms with Crippen molar-refractivity contribution in [3.05, 3.63) is 74.8 Å². The molecule has 3 aromatic rings. The van der Waals surface area contributed by atoms with Gasteiger partial charge < -0.3 is 0 Å². The molecule has 0 unspecified atom stereocenters. The van der Waals surface area contributed by atoms with Gasteiger partial charge in [-0.3, -0.25) is 18.5 Å². The first-order valence-electron chi connectivity index (χ1n) is 8.41. The first-order valence-corrected chi connectivity index (χ1v) is 9.40. The second-order valence-electron chi connectivity index (χ2n) is 6.46. The van der Waals surface area contributed by atoms with Gasteiger partial charge in [-0.15, -0.1) is 0 Å². The smallest absolute Gasteiger partial charge is 0.300 e. The minimum Gasteiger partial charge on any atom is -0.300 e. The molecule has 0 bridgehead atoms. The summed E-state index contributed by atoms with van der Waals surface area (Å²) < 4.78 is 4.66. The standard InChI is InChI=1S/C19H22N4O2S/c1-13(2)15-7-5-6-8-16(15)23-10-9-20-18(23)26-12-14-11-17(24)22(4)19(25)21(14)3/h5-11,13H,12H2,1-4H3. The van der Waals surface area contributed by atoms with Gasteiger partial charge in [-0.05, 0) is 17.5 Å². The summed E-state index contributed by atoms with van der Waals surface area (Å²) in [7, 11) is 3.16. The number of para-hydroxylation sites is 1. The van der Waals surface area contributed by atoms with E-state index in [1.165, 1.54) is 35.0 Å². The summed E-state index contributed by atoms with van der Waals surface area (Å²) in [6.07, 6.45) is 3.70. The van der Waals surface area contributed by atoms with E-state index in [4.69, 9.17) is 0 Å². The summed E-state index contributed by atoms with van der Waals surface area (Å²) in [5.41, 5.74) is 2.40. The molecule has 1 aromatic carbocycles. The zero-order valence-electron chi connectivity index (χ0n) is 15.3. The molecule has 0 fully saturated rings. The fourth-order valence-corrected chi connectivity index (χ4v) is 3.82. The number of aromatic nitrogens is 4. The largest absolute Gasteiger partial charge is 0.330 e. The Morgan fingerprint density at radius 2 is 1.85 bits per heavy atom. The molecule has 0 aliphatic rings. The molecule has 3 rings (SSSR count). The highest BCUT2D eigenvalue weighted by Gasteiger charge is 2.13. The lowest BCUT2D eigenvalue weighted by Gasteiger charge is -2.15. The second-order valence-corrected chi connectivity index (χ2v) is 7.40. The van der Waals surface area contributed by atoms with Crippen LogP contribution in [0.2, 0.25) is 0 Å². The third-order valence-corrected chi connectivity index (χ3v) is 5.40. The molecule has 0 N–H and O–H groups in total. The fraction of sp³-hybridized carbons (Fsp3) is 0.316. The van der Waals surface area contributed by atoms with Crippen molar-refractivity contribution < 1.29 is 0 Å². The summed E-state index contributed by atoms with van der Waals surface area (Å²) in [5.74, 6) is 0.882. The van der Waals surface area contributed by atoms with Gasteiger partial charge >= 0.3 is 5.69 Å². The second kappa shape index (κ2) is 7.37. The van der Waals surface area contributed by atoms with Crippen LogP contribution in [0.1, 0.15) is 31.0 Å². The molecule has 136 valence electrons. The molecule has 0 radical (unpaired) electrons. The summed E-state index contributed by atoms with van der Waals surface area (Å²) in [5, 5.41) is 0.825. The Hall–Kier alpha value is -2.54. The van der Waals surface area contributed by atoms with Gasteiger partial charge in [0, 0.05) is 44.0 Å². The van der Waals surface area contributed by atoms with Crippen LogP contribution in [-0.4, -0.2) is 18.7 Å². The highest BCUT2D eigenvalue weighted by molar-refractivity contribution is 7.98. The van der Waals surface area contributed by atoms with E-state index in [-0.39, 0.29) is 11.2 Å². The van der Waals surface area contributed by atoms with E-state index in [1.54, 1.807) is 13.2 Å². The monoisotopic (exact) mass is 370 g/mol. The molecule has 0 aliphatic carbocycles. The Bertz CT molecular complexity index is 1050. The number of imidazole rings is 1. The van der Waals surface area contributed by atoms with Crippen LogP contribution < -0.4 is 11.2 Å². The maximum atomic E-state index is 12.1. The van der Waals surface area contributed by atoms with Crippen LogP contribution in [0.5, 0.6) is 0 Å². The minimum absolute atomic E-state index is 0.294. The van der Waals surface area contributed by atoms with Crippen LogP contribution in [0.4, 0.5) is 0 Å². The van der Waals surface area contributed by atoms with E-state index in [0.717, 1.165) is 15.4 Å². The minimum atomic E-state index is -0.318. The summed E-state index contributed by atoms with van der Waals surface area (Å²) >= 11 is 1.50. The van der Waals surface area contributed by atoms with E-state index in [2.05, 4.69) is 35.5 Å². The molecule has 26 heavy (non-hydrogen) atoms. The fourth-order valence-electron chi connectivity index (χ4n) is 2.83. The molecular weight excluding hydrogens is 348 g/mol. The number of rotatable bonds is 5. The van der Waals surface area contributed by atoms with Crippen LogP contribution in [-0.2, 0) is 19.8 Å². The quantitative estimate of drug-likeness (QED) is 0.648. The van der Waals surface area contributed by atoms with E-state index >= 15 is 0 Å². The Balaban J connectivity index is 1.93. The van der Waals surface area contributed by atoms with Crippen LogP contribution in [0.3, 0.4) is 0 Å². The zero-order valence-corrected chi connectivity index (χ0v) is 16.2. The Morgan fingerprint density at radius 3 is 2.58 bits per heavy atom. The molecule has 0 spiro atoms. The molecule has 0 aliphatic heterocycles. The van der Waals surface area contributed by atoms with Gasteiger partial charge in [0.15, 0.2) is 5.16 Å². The van der Waals surface area contributed by atoms with Gasteiger partial charge in [-0.1, -0.05) is 43.8 Å². The Kier molecular flexibility index (Phi) is 5.18. The lowest BCUT2D eigenvalue weighted by molar-refractivity contribution is 0.664. The first kappa shape index (κ1) is 18.3. The molecular formula is C19H22N4O2S. The lowest BCUT2D eigenvalue weighted by Crippen LogP contribution is -2.37. The number of benzene rings is 1. The van der Waals surface area contributed by atoms with Crippen molar-refractivity contribution in [1.29, 1.82) is 0 Å². The van der Waals surface area contributed by atoms with E-state index in [0.29, 0.717) is 17.4 Å². The molecule has 6 nitrogen and oxygen atoms in total. The van der Waals surface area contributed by atoms with Crippen LogP contribution >= 0.6 is 11.8 Å². The van der Waals surface area contributed by atoms with Crippen molar-refractivity contribution in [3.63, 3.8) is 0 Å². The van der Waals surface area contributed by atoms with Gasteiger partial charge in [-0.2, -0.15) is 0 Å². The van der Waals surface area contributed by atoms with Crippen LogP contribution in [0.15, 0.2) is 57.5 Å². The van der Waals surface area contributed by atoms with Crippen molar-refractivity contribution in [1.82, 2.24) is 18.7 Å². The highest BCUT2D eigenvalue weighted by Crippen LogP contribution is 2.28. The van der Waals surface area contributed by atoms with Crippen molar-refractivity contribution in [2.24, 2.45) is 14.1 Å². The highest BCUT2D eigenvalue weighted by atomic mass is 32.2. The molecule has 0 atom stereocenters. The van der Waals surface area contributed by atoms with E-state index in [9.17, 15) is 9.59 Å². The van der Waals surface area contributed by atoms with Crippen molar-refractivity contribution in [2.75, 3.05) is 0 Å². The predicted molar refractivity (Wildman–Crippen MR) is 104 cm³/mol. The van der Waals surface area contributed by atoms with Crippen molar-refractivity contribution in [2.45, 2.75) is 30.7 Å². The van der Waals surface area contributed by atoms with Gasteiger partial charge in [0.1, 0.15) is 0 Å². The third-order valence-electron chi connectivity index (χ3n) is 4.40. The molecule has 0 saturated carbocycles. The average molecular weight is 370 g/mol. The number of thioether (sulfide) groups is 1.